The Balaban J connectivity index is 3.50. The van der Waals surface area contributed by atoms with Crippen LogP contribution in [0.2, 0.25) is 0 Å². The van der Waals surface area contributed by atoms with Crippen molar-refractivity contribution in [2.45, 2.75) is 25.8 Å². The van der Waals surface area contributed by atoms with Crippen LogP contribution in [-0.4, -0.2) is 38.6 Å². The molecule has 2 heteroatoms. The Bertz CT molecular complexity index is 65.7. The van der Waals surface area contributed by atoms with E-state index >= 15 is 0 Å². The van der Waals surface area contributed by atoms with Crippen molar-refractivity contribution in [3.63, 3.8) is 0 Å². The Labute approximate surface area is 64.6 Å². The molecule has 0 saturated heterocycles. The molecule has 0 aromatic carbocycles. The summed E-state index contributed by atoms with van der Waals surface area (Å²) in [5.74, 6) is 0. The molecule has 0 spiro atoms. The highest BCUT2D eigenvalue weighted by atomic mass is 15.1. The molecule has 0 bridgehead atoms. The van der Waals surface area contributed by atoms with Gasteiger partial charge in [0.05, 0.1) is 0 Å². The van der Waals surface area contributed by atoms with Crippen molar-refractivity contribution in [3.8, 4) is 0 Å². The number of rotatable bonds is 5. The minimum atomic E-state index is 0.704. The van der Waals surface area contributed by atoms with Gasteiger partial charge in [-0.3, -0.25) is 0 Å². The lowest BCUT2D eigenvalue weighted by atomic mass is 10.1. The van der Waals surface area contributed by atoms with Gasteiger partial charge in [-0.05, 0) is 27.6 Å². The third-order valence-electron chi connectivity index (χ3n) is 1.79. The molecule has 0 aliphatic heterocycles. The Morgan fingerprint density at radius 2 is 2.00 bits per heavy atom. The van der Waals surface area contributed by atoms with Gasteiger partial charge in [0.2, 0.25) is 0 Å². The molecule has 1 N–H and O–H groups in total. The molecule has 0 aliphatic rings. The molecule has 0 amide bonds. The quantitative estimate of drug-likeness (QED) is 0.617. The number of hydrogen-bond donors (Lipinski definition) is 1. The van der Waals surface area contributed by atoms with E-state index in [1.165, 1.54) is 12.8 Å². The monoisotopic (exact) mass is 144 g/mol. The van der Waals surface area contributed by atoms with Crippen LogP contribution in [-0.2, 0) is 0 Å². The fourth-order valence-electron chi connectivity index (χ4n) is 1.11. The van der Waals surface area contributed by atoms with E-state index in [2.05, 4.69) is 31.2 Å². The predicted octanol–water partition coefficient (Wildman–Crippen LogP) is 0.936. The molecule has 0 aliphatic carbocycles. The Morgan fingerprint density at radius 1 is 1.40 bits per heavy atom. The first-order valence-corrected chi connectivity index (χ1v) is 4.03. The topological polar surface area (TPSA) is 15.3 Å². The average molecular weight is 144 g/mol. The molecule has 0 heterocycles. The van der Waals surface area contributed by atoms with Crippen LogP contribution in [0.3, 0.4) is 0 Å². The van der Waals surface area contributed by atoms with Gasteiger partial charge in [-0.25, -0.2) is 0 Å². The van der Waals surface area contributed by atoms with Crippen molar-refractivity contribution in [1.82, 2.24) is 10.2 Å². The summed E-state index contributed by atoms with van der Waals surface area (Å²) < 4.78 is 0. The highest BCUT2D eigenvalue weighted by Gasteiger charge is 2.07. The van der Waals surface area contributed by atoms with Gasteiger partial charge in [0.25, 0.3) is 0 Å². The predicted molar refractivity (Wildman–Crippen MR) is 46.3 cm³/mol. The molecule has 0 rings (SSSR count). The van der Waals surface area contributed by atoms with Crippen molar-refractivity contribution in [2.24, 2.45) is 0 Å². The number of hydrogen-bond acceptors (Lipinski definition) is 2. The van der Waals surface area contributed by atoms with Gasteiger partial charge in [0.15, 0.2) is 0 Å². The van der Waals surface area contributed by atoms with Gasteiger partial charge in [0, 0.05) is 12.6 Å². The fraction of sp³-hybridized carbons (Fsp3) is 1.00. The summed E-state index contributed by atoms with van der Waals surface area (Å²) in [6.07, 6.45) is 2.55. The molecule has 0 unspecified atom stereocenters. The van der Waals surface area contributed by atoms with Crippen LogP contribution in [0.15, 0.2) is 0 Å². The summed E-state index contributed by atoms with van der Waals surface area (Å²) in [6, 6.07) is 0.704. The van der Waals surface area contributed by atoms with E-state index in [1.807, 2.05) is 7.05 Å². The lowest BCUT2D eigenvalue weighted by Gasteiger charge is -2.23. The molecule has 1 atom stereocenters. The second-order valence-electron chi connectivity index (χ2n) is 2.96. The minimum Gasteiger partial charge on any atom is -0.318 e. The fourth-order valence-corrected chi connectivity index (χ4v) is 1.11. The third-order valence-corrected chi connectivity index (χ3v) is 1.79. The third kappa shape index (κ3) is 3.85. The Hall–Kier alpha value is -0.0800. The first kappa shape index (κ1) is 9.92. The van der Waals surface area contributed by atoms with Crippen LogP contribution >= 0.6 is 0 Å². The zero-order valence-electron chi connectivity index (χ0n) is 7.65. The second kappa shape index (κ2) is 5.69. The zero-order valence-corrected chi connectivity index (χ0v) is 7.65. The molecule has 62 valence electrons. The van der Waals surface area contributed by atoms with E-state index in [4.69, 9.17) is 0 Å². The maximum Gasteiger partial charge on any atom is 0.0214 e. The molecule has 0 saturated carbocycles. The van der Waals surface area contributed by atoms with E-state index < -0.39 is 0 Å². The molecular weight excluding hydrogens is 124 g/mol. The highest BCUT2D eigenvalue weighted by molar-refractivity contribution is 4.66. The van der Waals surface area contributed by atoms with Gasteiger partial charge < -0.3 is 10.2 Å². The normalized spacial score (nSPS) is 14.1. The van der Waals surface area contributed by atoms with Crippen LogP contribution in [0.25, 0.3) is 0 Å². The van der Waals surface area contributed by atoms with Crippen molar-refractivity contribution >= 4 is 0 Å². The van der Waals surface area contributed by atoms with Crippen LogP contribution in [0, 0.1) is 0 Å². The molecule has 2 nitrogen and oxygen atoms in total. The van der Waals surface area contributed by atoms with Gasteiger partial charge in [-0.2, -0.15) is 0 Å². The van der Waals surface area contributed by atoms with Crippen LogP contribution < -0.4 is 5.32 Å². The SMILES string of the molecule is CCC[C@H](CNC)N(C)C. The molecule has 10 heavy (non-hydrogen) atoms. The smallest absolute Gasteiger partial charge is 0.0214 e. The summed E-state index contributed by atoms with van der Waals surface area (Å²) >= 11 is 0. The van der Waals surface area contributed by atoms with Crippen LogP contribution in [0.5, 0.6) is 0 Å². The first-order valence-electron chi connectivity index (χ1n) is 4.03. The standard InChI is InChI=1S/C8H20N2/c1-5-6-8(7-9-2)10(3)4/h8-9H,5-7H2,1-4H3/t8-/m1/s1. The van der Waals surface area contributed by atoms with Crippen LogP contribution in [0.4, 0.5) is 0 Å². The largest absolute Gasteiger partial charge is 0.318 e. The van der Waals surface area contributed by atoms with E-state index in [1.54, 1.807) is 0 Å². The second-order valence-corrected chi connectivity index (χ2v) is 2.96. The van der Waals surface area contributed by atoms with Crippen LogP contribution in [0.1, 0.15) is 19.8 Å². The molecule has 0 aromatic heterocycles. The summed E-state index contributed by atoms with van der Waals surface area (Å²) in [4.78, 5) is 2.28. The summed E-state index contributed by atoms with van der Waals surface area (Å²) in [5.41, 5.74) is 0. The van der Waals surface area contributed by atoms with Gasteiger partial charge in [-0.1, -0.05) is 13.3 Å². The van der Waals surface area contributed by atoms with Gasteiger partial charge >= 0.3 is 0 Å². The van der Waals surface area contributed by atoms with E-state index in [-0.39, 0.29) is 0 Å². The summed E-state index contributed by atoms with van der Waals surface area (Å²) in [5, 5.41) is 3.19. The molecule has 0 radical (unpaired) electrons. The van der Waals surface area contributed by atoms with Gasteiger partial charge in [0.1, 0.15) is 0 Å². The molecule has 0 fully saturated rings. The summed E-state index contributed by atoms with van der Waals surface area (Å²) in [7, 11) is 6.28. The zero-order chi connectivity index (χ0) is 7.98. The summed E-state index contributed by atoms with van der Waals surface area (Å²) in [6.45, 7) is 3.33. The number of likely N-dealkylation sites (N-methyl/N-ethyl adjacent to an activating group) is 2. The Morgan fingerprint density at radius 3 is 2.30 bits per heavy atom. The Kier molecular flexibility index (Phi) is 5.64. The lowest BCUT2D eigenvalue weighted by molar-refractivity contribution is 0.272. The minimum absolute atomic E-state index is 0.704. The first-order chi connectivity index (χ1) is 4.72. The van der Waals surface area contributed by atoms with E-state index in [0.29, 0.717) is 6.04 Å². The number of nitrogens with zero attached hydrogens (tertiary/aromatic N) is 1. The van der Waals surface area contributed by atoms with Crippen molar-refractivity contribution in [2.75, 3.05) is 27.7 Å². The molecular formula is C8H20N2. The van der Waals surface area contributed by atoms with E-state index in [0.717, 1.165) is 6.54 Å². The lowest BCUT2D eigenvalue weighted by Crippen LogP contribution is -2.36. The van der Waals surface area contributed by atoms with Crippen molar-refractivity contribution in [3.05, 3.63) is 0 Å². The van der Waals surface area contributed by atoms with Gasteiger partial charge in [-0.15, -0.1) is 0 Å². The van der Waals surface area contributed by atoms with Crippen molar-refractivity contribution < 1.29 is 0 Å². The molecule has 0 aromatic rings. The maximum atomic E-state index is 3.19. The maximum absolute atomic E-state index is 3.19. The van der Waals surface area contributed by atoms with Crippen molar-refractivity contribution in [1.29, 1.82) is 0 Å². The number of nitrogens with one attached hydrogen (secondary N) is 1. The highest BCUT2D eigenvalue weighted by Crippen LogP contribution is 2.00. The average Bonchev–Trinajstić information content (AvgIpc) is 1.87. The van der Waals surface area contributed by atoms with E-state index in [9.17, 15) is 0 Å².